The SMILES string of the molecule is CSCc1nnc(SCC(=O)Nc2ccc(CC#N)cc2)o1. The quantitative estimate of drug-likeness (QED) is 0.778. The van der Waals surface area contributed by atoms with E-state index in [1.807, 2.05) is 18.4 Å². The Labute approximate surface area is 136 Å². The summed E-state index contributed by atoms with van der Waals surface area (Å²) >= 11 is 2.79. The van der Waals surface area contributed by atoms with Crippen LogP contribution >= 0.6 is 23.5 Å². The second kappa shape index (κ2) is 8.46. The highest BCUT2D eigenvalue weighted by Gasteiger charge is 2.09. The van der Waals surface area contributed by atoms with E-state index in [0.717, 1.165) is 5.56 Å². The molecular weight excluding hydrogens is 320 g/mol. The zero-order valence-electron chi connectivity index (χ0n) is 11.9. The summed E-state index contributed by atoms with van der Waals surface area (Å²) in [7, 11) is 0. The largest absolute Gasteiger partial charge is 0.415 e. The average Bonchev–Trinajstić information content (AvgIpc) is 2.96. The van der Waals surface area contributed by atoms with Crippen LogP contribution in [-0.4, -0.2) is 28.1 Å². The van der Waals surface area contributed by atoms with Gasteiger partial charge < -0.3 is 9.73 Å². The maximum absolute atomic E-state index is 11.9. The van der Waals surface area contributed by atoms with Crippen molar-refractivity contribution >= 4 is 35.1 Å². The molecule has 1 heterocycles. The van der Waals surface area contributed by atoms with Gasteiger partial charge in [-0.2, -0.15) is 17.0 Å². The van der Waals surface area contributed by atoms with Crippen LogP contribution in [0.5, 0.6) is 0 Å². The smallest absolute Gasteiger partial charge is 0.277 e. The highest BCUT2D eigenvalue weighted by atomic mass is 32.2. The molecule has 1 aromatic carbocycles. The molecular formula is C14H14N4O2S2. The Morgan fingerprint density at radius 1 is 1.36 bits per heavy atom. The summed E-state index contributed by atoms with van der Waals surface area (Å²) in [4.78, 5) is 11.9. The number of amides is 1. The summed E-state index contributed by atoms with van der Waals surface area (Å²) in [6.45, 7) is 0. The summed E-state index contributed by atoms with van der Waals surface area (Å²) in [5, 5.41) is 19.5. The molecule has 1 N–H and O–H groups in total. The first-order chi connectivity index (χ1) is 10.7. The van der Waals surface area contributed by atoms with E-state index >= 15 is 0 Å². The second-order valence-corrected chi connectivity index (χ2v) is 6.06. The third-order valence-electron chi connectivity index (χ3n) is 2.56. The Kier molecular flexibility index (Phi) is 6.30. The molecule has 0 saturated carbocycles. The van der Waals surface area contributed by atoms with E-state index in [9.17, 15) is 4.79 Å². The van der Waals surface area contributed by atoms with Gasteiger partial charge in [-0.3, -0.25) is 4.79 Å². The standard InChI is InChI=1S/C14H14N4O2S2/c1-21-9-13-17-18-14(20-13)22-8-12(19)16-11-4-2-10(3-5-11)6-7-15/h2-5H,6,8-9H2,1H3,(H,16,19). The van der Waals surface area contributed by atoms with Gasteiger partial charge in [-0.15, -0.1) is 10.2 Å². The number of rotatable bonds is 7. The zero-order valence-corrected chi connectivity index (χ0v) is 13.5. The van der Waals surface area contributed by atoms with Gasteiger partial charge in [0.25, 0.3) is 5.22 Å². The number of carbonyl (C=O) groups excluding carboxylic acids is 1. The molecule has 0 aliphatic heterocycles. The van der Waals surface area contributed by atoms with Crippen LogP contribution in [0, 0.1) is 11.3 Å². The van der Waals surface area contributed by atoms with Crippen molar-refractivity contribution in [2.75, 3.05) is 17.3 Å². The lowest BCUT2D eigenvalue weighted by Gasteiger charge is -2.04. The van der Waals surface area contributed by atoms with Crippen molar-refractivity contribution in [3.63, 3.8) is 0 Å². The number of benzene rings is 1. The average molecular weight is 334 g/mol. The Hall–Kier alpha value is -1.98. The molecule has 114 valence electrons. The molecule has 0 aliphatic carbocycles. The van der Waals surface area contributed by atoms with Gasteiger partial charge >= 0.3 is 0 Å². The predicted molar refractivity (Wildman–Crippen MR) is 86.6 cm³/mol. The lowest BCUT2D eigenvalue weighted by Crippen LogP contribution is -2.13. The van der Waals surface area contributed by atoms with Gasteiger partial charge in [-0.1, -0.05) is 23.9 Å². The van der Waals surface area contributed by atoms with Crippen LogP contribution < -0.4 is 5.32 Å². The predicted octanol–water partition coefficient (Wildman–Crippen LogP) is 2.73. The van der Waals surface area contributed by atoms with E-state index in [0.29, 0.717) is 29.0 Å². The van der Waals surface area contributed by atoms with E-state index in [-0.39, 0.29) is 11.7 Å². The molecule has 2 rings (SSSR count). The van der Waals surface area contributed by atoms with Gasteiger partial charge in [-0.05, 0) is 24.0 Å². The fourth-order valence-electron chi connectivity index (χ4n) is 1.60. The number of hydrogen-bond acceptors (Lipinski definition) is 7. The molecule has 2 aromatic rings. The maximum Gasteiger partial charge on any atom is 0.277 e. The normalized spacial score (nSPS) is 10.2. The topological polar surface area (TPSA) is 91.8 Å². The van der Waals surface area contributed by atoms with Crippen molar-refractivity contribution in [1.29, 1.82) is 5.26 Å². The van der Waals surface area contributed by atoms with Crippen molar-refractivity contribution in [3.05, 3.63) is 35.7 Å². The first-order valence-electron chi connectivity index (χ1n) is 6.41. The maximum atomic E-state index is 11.9. The van der Waals surface area contributed by atoms with Gasteiger partial charge in [0.05, 0.1) is 24.0 Å². The lowest BCUT2D eigenvalue weighted by molar-refractivity contribution is -0.113. The Bertz CT molecular complexity index is 664. The van der Waals surface area contributed by atoms with E-state index in [1.165, 1.54) is 11.8 Å². The lowest BCUT2D eigenvalue weighted by atomic mass is 10.1. The number of aromatic nitrogens is 2. The Morgan fingerprint density at radius 3 is 2.82 bits per heavy atom. The molecule has 0 saturated heterocycles. The minimum absolute atomic E-state index is 0.150. The summed E-state index contributed by atoms with van der Waals surface area (Å²) < 4.78 is 5.38. The first-order valence-corrected chi connectivity index (χ1v) is 8.79. The molecule has 0 spiro atoms. The third kappa shape index (κ3) is 5.09. The summed E-state index contributed by atoms with van der Waals surface area (Å²) in [6, 6.07) is 9.27. The van der Waals surface area contributed by atoms with E-state index < -0.39 is 0 Å². The van der Waals surface area contributed by atoms with Crippen LogP contribution in [0.3, 0.4) is 0 Å². The molecule has 0 bridgehead atoms. The molecule has 8 heteroatoms. The van der Waals surface area contributed by atoms with Crippen molar-refractivity contribution in [3.8, 4) is 6.07 Å². The second-order valence-electron chi connectivity index (χ2n) is 4.26. The third-order valence-corrected chi connectivity index (χ3v) is 3.92. The van der Waals surface area contributed by atoms with Gasteiger partial charge in [0.15, 0.2) is 0 Å². The zero-order chi connectivity index (χ0) is 15.8. The number of nitriles is 1. The molecule has 6 nitrogen and oxygen atoms in total. The number of nitrogens with one attached hydrogen (secondary N) is 1. The molecule has 0 fully saturated rings. The van der Waals surface area contributed by atoms with Crippen LogP contribution in [0.4, 0.5) is 5.69 Å². The van der Waals surface area contributed by atoms with Crippen LogP contribution in [0.1, 0.15) is 11.5 Å². The van der Waals surface area contributed by atoms with Crippen molar-refractivity contribution in [1.82, 2.24) is 10.2 Å². The monoisotopic (exact) mass is 334 g/mol. The van der Waals surface area contributed by atoms with Crippen LogP contribution in [0.2, 0.25) is 0 Å². The Morgan fingerprint density at radius 2 is 2.14 bits per heavy atom. The summed E-state index contributed by atoms with van der Waals surface area (Å²) in [6.07, 6.45) is 2.31. The Balaban J connectivity index is 1.80. The molecule has 0 aliphatic rings. The van der Waals surface area contributed by atoms with Crippen molar-refractivity contribution in [2.45, 2.75) is 17.4 Å². The molecule has 0 radical (unpaired) electrons. The number of carbonyl (C=O) groups is 1. The van der Waals surface area contributed by atoms with Crippen LogP contribution in [0.15, 0.2) is 33.9 Å². The van der Waals surface area contributed by atoms with E-state index in [2.05, 4.69) is 21.6 Å². The van der Waals surface area contributed by atoms with Gasteiger partial charge in [0.1, 0.15) is 0 Å². The molecule has 1 amide bonds. The minimum Gasteiger partial charge on any atom is -0.415 e. The molecule has 0 unspecified atom stereocenters. The highest BCUT2D eigenvalue weighted by molar-refractivity contribution is 7.99. The fraction of sp³-hybridized carbons (Fsp3) is 0.286. The molecule has 0 atom stereocenters. The molecule has 1 aromatic heterocycles. The van der Waals surface area contributed by atoms with Gasteiger partial charge in [0.2, 0.25) is 11.8 Å². The minimum atomic E-state index is -0.150. The highest BCUT2D eigenvalue weighted by Crippen LogP contribution is 2.18. The van der Waals surface area contributed by atoms with Gasteiger partial charge in [0, 0.05) is 5.69 Å². The van der Waals surface area contributed by atoms with Crippen molar-refractivity contribution in [2.24, 2.45) is 0 Å². The van der Waals surface area contributed by atoms with Crippen molar-refractivity contribution < 1.29 is 9.21 Å². The number of anilines is 1. The van der Waals surface area contributed by atoms with E-state index in [4.69, 9.17) is 9.68 Å². The van der Waals surface area contributed by atoms with Crippen LogP contribution in [-0.2, 0) is 17.0 Å². The number of hydrogen-bond donors (Lipinski definition) is 1. The first kappa shape index (κ1) is 16.4. The number of thioether (sulfide) groups is 2. The number of nitrogens with zero attached hydrogens (tertiary/aromatic N) is 3. The summed E-state index contributed by atoms with van der Waals surface area (Å²) in [5.41, 5.74) is 1.61. The van der Waals surface area contributed by atoms with Crippen LogP contribution in [0.25, 0.3) is 0 Å². The van der Waals surface area contributed by atoms with Gasteiger partial charge in [-0.25, -0.2) is 0 Å². The summed E-state index contributed by atoms with van der Waals surface area (Å²) in [5.74, 6) is 1.27. The molecule has 22 heavy (non-hydrogen) atoms. The van der Waals surface area contributed by atoms with E-state index in [1.54, 1.807) is 23.9 Å². The fourth-order valence-corrected chi connectivity index (χ4v) is 2.54.